The Morgan fingerprint density at radius 1 is 1.06 bits per heavy atom. The van der Waals surface area contributed by atoms with E-state index in [1.165, 1.54) is 11.3 Å². The number of nitrogens with zero attached hydrogens (tertiary/aromatic N) is 2. The van der Waals surface area contributed by atoms with Crippen LogP contribution in [0.3, 0.4) is 0 Å². The van der Waals surface area contributed by atoms with Crippen molar-refractivity contribution in [1.29, 1.82) is 5.26 Å². The highest BCUT2D eigenvalue weighted by molar-refractivity contribution is 7.14. The van der Waals surface area contributed by atoms with E-state index in [4.69, 9.17) is 5.26 Å². The van der Waals surface area contributed by atoms with E-state index in [0.717, 1.165) is 16.8 Å². The third kappa shape index (κ3) is 6.00. The summed E-state index contributed by atoms with van der Waals surface area (Å²) in [5.41, 5.74) is 3.95. The van der Waals surface area contributed by atoms with Gasteiger partial charge in [0.25, 0.3) is 5.91 Å². The largest absolute Gasteiger partial charge is 0.352 e. The fraction of sp³-hybridized carbons (Fsp3) is 0.250. The SMILES string of the molecule is CC(C)(C)c1ccc(C(=O)NCCC(=O)Nc2nc(-c3ccc(C#N)cc3)cs2)cc1. The molecule has 2 aromatic carbocycles. The van der Waals surface area contributed by atoms with Crippen molar-refractivity contribution >= 4 is 28.3 Å². The summed E-state index contributed by atoms with van der Waals surface area (Å²) in [5.74, 6) is -0.422. The second kappa shape index (κ2) is 9.54. The molecule has 7 heteroatoms. The predicted molar refractivity (Wildman–Crippen MR) is 123 cm³/mol. The van der Waals surface area contributed by atoms with Crippen LogP contribution < -0.4 is 10.6 Å². The number of nitriles is 1. The number of carbonyl (C=O) groups excluding carboxylic acids is 2. The summed E-state index contributed by atoms with van der Waals surface area (Å²) in [5, 5.41) is 16.7. The Balaban J connectivity index is 1.47. The summed E-state index contributed by atoms with van der Waals surface area (Å²) in [6.45, 7) is 6.60. The minimum atomic E-state index is -0.218. The van der Waals surface area contributed by atoms with E-state index in [1.807, 2.05) is 29.6 Å². The van der Waals surface area contributed by atoms with Gasteiger partial charge in [-0.15, -0.1) is 11.3 Å². The molecule has 158 valence electrons. The van der Waals surface area contributed by atoms with Gasteiger partial charge in [-0.3, -0.25) is 9.59 Å². The fourth-order valence-electron chi connectivity index (χ4n) is 2.87. The lowest BCUT2D eigenvalue weighted by Crippen LogP contribution is -2.27. The second-order valence-corrected chi connectivity index (χ2v) is 8.97. The predicted octanol–water partition coefficient (Wildman–Crippen LogP) is 4.74. The van der Waals surface area contributed by atoms with E-state index in [1.54, 1.807) is 24.3 Å². The molecular weight excluding hydrogens is 408 g/mol. The summed E-state index contributed by atoms with van der Waals surface area (Å²) < 4.78 is 0. The summed E-state index contributed by atoms with van der Waals surface area (Å²) in [7, 11) is 0. The Labute approximate surface area is 186 Å². The molecule has 1 aromatic heterocycles. The van der Waals surface area contributed by atoms with Crippen LogP contribution in [0.25, 0.3) is 11.3 Å². The molecule has 6 nitrogen and oxygen atoms in total. The Bertz CT molecular complexity index is 1100. The molecule has 31 heavy (non-hydrogen) atoms. The maximum absolute atomic E-state index is 12.3. The van der Waals surface area contributed by atoms with E-state index < -0.39 is 0 Å². The zero-order chi connectivity index (χ0) is 22.4. The molecule has 2 amide bonds. The monoisotopic (exact) mass is 432 g/mol. The molecule has 3 aromatic rings. The topological polar surface area (TPSA) is 94.9 Å². The summed E-state index contributed by atoms with van der Waals surface area (Å²) in [4.78, 5) is 28.9. The number of aromatic nitrogens is 1. The molecule has 0 saturated carbocycles. The van der Waals surface area contributed by atoms with Gasteiger partial charge in [-0.05, 0) is 35.2 Å². The number of hydrogen-bond acceptors (Lipinski definition) is 5. The number of amides is 2. The number of anilines is 1. The highest BCUT2D eigenvalue weighted by atomic mass is 32.1. The number of carbonyl (C=O) groups is 2. The number of nitrogens with one attached hydrogen (secondary N) is 2. The second-order valence-electron chi connectivity index (χ2n) is 8.11. The molecule has 0 saturated heterocycles. The van der Waals surface area contributed by atoms with Crippen LogP contribution in [0.2, 0.25) is 0 Å². The van der Waals surface area contributed by atoms with Gasteiger partial charge in [-0.1, -0.05) is 45.0 Å². The third-order valence-corrected chi connectivity index (χ3v) is 5.47. The van der Waals surface area contributed by atoms with Crippen molar-refractivity contribution in [2.45, 2.75) is 32.6 Å². The van der Waals surface area contributed by atoms with Crippen LogP contribution in [0, 0.1) is 11.3 Å². The van der Waals surface area contributed by atoms with Crippen molar-refractivity contribution in [3.63, 3.8) is 0 Å². The van der Waals surface area contributed by atoms with Gasteiger partial charge in [0.1, 0.15) is 0 Å². The number of hydrogen-bond donors (Lipinski definition) is 2. The molecule has 0 aliphatic heterocycles. The Morgan fingerprint density at radius 3 is 2.35 bits per heavy atom. The molecule has 2 N–H and O–H groups in total. The van der Waals surface area contributed by atoms with Crippen LogP contribution in [-0.4, -0.2) is 23.3 Å². The van der Waals surface area contributed by atoms with Gasteiger partial charge in [0, 0.05) is 29.5 Å². The van der Waals surface area contributed by atoms with Crippen LogP contribution in [0.15, 0.2) is 53.9 Å². The molecule has 0 aliphatic carbocycles. The van der Waals surface area contributed by atoms with Crippen molar-refractivity contribution < 1.29 is 9.59 Å². The summed E-state index contributed by atoms with van der Waals surface area (Å²) >= 11 is 1.33. The van der Waals surface area contributed by atoms with Crippen molar-refractivity contribution in [2.24, 2.45) is 0 Å². The van der Waals surface area contributed by atoms with Gasteiger partial charge in [0.15, 0.2) is 5.13 Å². The molecule has 0 unspecified atom stereocenters. The molecule has 0 bridgehead atoms. The maximum atomic E-state index is 12.3. The number of thiazole rings is 1. The minimum absolute atomic E-state index is 0.0306. The van der Waals surface area contributed by atoms with E-state index in [2.05, 4.69) is 42.5 Å². The fourth-order valence-corrected chi connectivity index (χ4v) is 3.61. The quantitative estimate of drug-likeness (QED) is 0.588. The molecule has 0 fully saturated rings. The summed E-state index contributed by atoms with van der Waals surface area (Å²) in [6.07, 6.45) is 0.150. The Hall–Kier alpha value is -3.50. The van der Waals surface area contributed by atoms with Crippen molar-refractivity contribution in [2.75, 3.05) is 11.9 Å². The first kappa shape index (κ1) is 22.2. The lowest BCUT2D eigenvalue weighted by atomic mass is 9.87. The van der Waals surface area contributed by atoms with E-state index in [-0.39, 0.29) is 30.2 Å². The van der Waals surface area contributed by atoms with Crippen LogP contribution in [0.5, 0.6) is 0 Å². The Kier molecular flexibility index (Phi) is 6.83. The average Bonchev–Trinajstić information content (AvgIpc) is 3.21. The van der Waals surface area contributed by atoms with Gasteiger partial charge in [0.05, 0.1) is 17.3 Å². The van der Waals surface area contributed by atoms with E-state index in [0.29, 0.717) is 16.3 Å². The van der Waals surface area contributed by atoms with Crippen molar-refractivity contribution in [1.82, 2.24) is 10.3 Å². The highest BCUT2D eigenvalue weighted by Crippen LogP contribution is 2.25. The van der Waals surface area contributed by atoms with E-state index in [9.17, 15) is 9.59 Å². The maximum Gasteiger partial charge on any atom is 0.251 e. The van der Waals surface area contributed by atoms with Crippen molar-refractivity contribution in [3.8, 4) is 17.3 Å². The summed E-state index contributed by atoms with van der Waals surface area (Å²) in [6, 6.07) is 16.7. The van der Waals surface area contributed by atoms with Crippen molar-refractivity contribution in [3.05, 3.63) is 70.6 Å². The minimum Gasteiger partial charge on any atom is -0.352 e. The molecular formula is C24H24N4O2S. The van der Waals surface area contributed by atoms with Gasteiger partial charge < -0.3 is 10.6 Å². The van der Waals surface area contributed by atoms with Gasteiger partial charge in [0.2, 0.25) is 5.91 Å². The first-order valence-corrected chi connectivity index (χ1v) is 10.8. The van der Waals surface area contributed by atoms with Gasteiger partial charge in [-0.2, -0.15) is 5.26 Å². The van der Waals surface area contributed by atoms with Gasteiger partial charge in [-0.25, -0.2) is 4.98 Å². The van der Waals surface area contributed by atoms with E-state index >= 15 is 0 Å². The van der Waals surface area contributed by atoms with Crippen LogP contribution >= 0.6 is 11.3 Å². The smallest absolute Gasteiger partial charge is 0.251 e. The van der Waals surface area contributed by atoms with Crippen LogP contribution in [0.1, 0.15) is 48.7 Å². The molecule has 0 spiro atoms. The molecule has 0 aliphatic rings. The average molecular weight is 433 g/mol. The normalized spacial score (nSPS) is 10.9. The van der Waals surface area contributed by atoms with Crippen LogP contribution in [0.4, 0.5) is 5.13 Å². The molecule has 0 atom stereocenters. The first-order chi connectivity index (χ1) is 14.8. The highest BCUT2D eigenvalue weighted by Gasteiger charge is 2.14. The third-order valence-electron chi connectivity index (χ3n) is 4.71. The Morgan fingerprint density at radius 2 is 1.74 bits per heavy atom. The molecule has 0 radical (unpaired) electrons. The zero-order valence-corrected chi connectivity index (χ0v) is 18.5. The molecule has 3 rings (SSSR count). The first-order valence-electron chi connectivity index (χ1n) is 9.91. The van der Waals surface area contributed by atoms with Gasteiger partial charge >= 0.3 is 0 Å². The lowest BCUT2D eigenvalue weighted by molar-refractivity contribution is -0.116. The lowest BCUT2D eigenvalue weighted by Gasteiger charge is -2.19. The molecule has 1 heterocycles. The zero-order valence-electron chi connectivity index (χ0n) is 17.7. The van der Waals surface area contributed by atoms with Crippen LogP contribution in [-0.2, 0) is 10.2 Å². The number of benzene rings is 2. The standard InChI is InChI=1S/C24H24N4O2S/c1-24(2,3)19-10-8-18(9-11-19)22(30)26-13-12-21(29)28-23-27-20(15-31-23)17-6-4-16(14-25)5-7-17/h4-11,15H,12-13H2,1-3H3,(H,26,30)(H,27,28,29). The number of rotatable bonds is 6.